The van der Waals surface area contributed by atoms with Gasteiger partial charge >= 0.3 is 0 Å². The van der Waals surface area contributed by atoms with Crippen molar-refractivity contribution in [3.8, 4) is 34.1 Å². The molecular formula is C22H20O5. The topological polar surface area (TPSA) is 50.1 Å². The highest BCUT2D eigenvalue weighted by atomic mass is 16.5. The zero-order chi connectivity index (χ0) is 19.0. The van der Waals surface area contributed by atoms with Gasteiger partial charge in [0.2, 0.25) is 0 Å². The maximum absolute atomic E-state index is 5.52. The van der Waals surface area contributed by atoms with Crippen molar-refractivity contribution in [2.24, 2.45) is 0 Å². The molecule has 27 heavy (non-hydrogen) atoms. The largest absolute Gasteiger partial charge is 0.493 e. The van der Waals surface area contributed by atoms with Crippen LogP contribution in [0.25, 0.3) is 32.7 Å². The molecule has 0 amide bonds. The van der Waals surface area contributed by atoms with Crippen molar-refractivity contribution in [2.75, 3.05) is 28.4 Å². The molecule has 0 atom stereocenters. The molecule has 0 N–H and O–H groups in total. The Labute approximate surface area is 157 Å². The van der Waals surface area contributed by atoms with E-state index in [9.17, 15) is 0 Å². The smallest absolute Gasteiger partial charge is 0.161 e. The first kappa shape index (κ1) is 17.1. The van der Waals surface area contributed by atoms with Gasteiger partial charge in [-0.1, -0.05) is 6.07 Å². The van der Waals surface area contributed by atoms with Crippen LogP contribution < -0.4 is 18.9 Å². The van der Waals surface area contributed by atoms with E-state index < -0.39 is 0 Å². The molecule has 138 valence electrons. The number of benzene rings is 3. The van der Waals surface area contributed by atoms with Gasteiger partial charge in [-0.05, 0) is 46.7 Å². The summed E-state index contributed by atoms with van der Waals surface area (Å²) >= 11 is 0. The summed E-state index contributed by atoms with van der Waals surface area (Å²) in [6, 6.07) is 11.9. The lowest BCUT2D eigenvalue weighted by atomic mass is 9.93. The maximum atomic E-state index is 5.52. The number of rotatable bonds is 5. The molecule has 3 aromatic carbocycles. The Balaban J connectivity index is 2.09. The highest BCUT2D eigenvalue weighted by Gasteiger charge is 2.16. The van der Waals surface area contributed by atoms with Crippen molar-refractivity contribution in [1.82, 2.24) is 0 Å². The van der Waals surface area contributed by atoms with Gasteiger partial charge in [-0.3, -0.25) is 0 Å². The van der Waals surface area contributed by atoms with Gasteiger partial charge in [0, 0.05) is 16.3 Å². The third-order valence-corrected chi connectivity index (χ3v) is 4.77. The number of ether oxygens (including phenoxy) is 4. The van der Waals surface area contributed by atoms with E-state index in [-0.39, 0.29) is 0 Å². The van der Waals surface area contributed by atoms with Crippen molar-refractivity contribution in [2.45, 2.75) is 0 Å². The standard InChI is InChI=1S/C22H20O5/c1-23-18-6-5-13(8-19(18)24-2)22-16-10-21(26-4)20(25-3)9-14(16)7-15-11-27-12-17(15)22/h5-12H,1-4H3. The second-order valence-electron chi connectivity index (χ2n) is 6.12. The highest BCUT2D eigenvalue weighted by Crippen LogP contribution is 2.43. The van der Waals surface area contributed by atoms with Gasteiger partial charge in [0.05, 0.1) is 41.0 Å². The van der Waals surface area contributed by atoms with Gasteiger partial charge in [0.1, 0.15) is 0 Å². The van der Waals surface area contributed by atoms with E-state index in [0.717, 1.165) is 32.7 Å². The zero-order valence-corrected chi connectivity index (χ0v) is 15.7. The van der Waals surface area contributed by atoms with E-state index in [1.807, 2.05) is 30.3 Å². The van der Waals surface area contributed by atoms with Gasteiger partial charge in [-0.25, -0.2) is 0 Å². The summed E-state index contributed by atoms with van der Waals surface area (Å²) < 4.78 is 27.3. The predicted octanol–water partition coefficient (Wildman–Crippen LogP) is 5.29. The first-order chi connectivity index (χ1) is 13.2. The monoisotopic (exact) mass is 364 g/mol. The Morgan fingerprint density at radius 1 is 0.593 bits per heavy atom. The molecule has 0 aliphatic heterocycles. The van der Waals surface area contributed by atoms with E-state index >= 15 is 0 Å². The van der Waals surface area contributed by atoms with E-state index in [2.05, 4.69) is 6.07 Å². The zero-order valence-electron chi connectivity index (χ0n) is 15.7. The van der Waals surface area contributed by atoms with E-state index in [0.29, 0.717) is 23.0 Å². The van der Waals surface area contributed by atoms with Crippen LogP contribution in [0.15, 0.2) is 53.3 Å². The number of hydrogen-bond acceptors (Lipinski definition) is 5. The highest BCUT2D eigenvalue weighted by molar-refractivity contribution is 6.13. The third kappa shape index (κ3) is 2.72. The van der Waals surface area contributed by atoms with Crippen molar-refractivity contribution < 1.29 is 23.4 Å². The van der Waals surface area contributed by atoms with E-state index in [1.165, 1.54) is 0 Å². The second kappa shape index (κ2) is 6.76. The summed E-state index contributed by atoms with van der Waals surface area (Å²) in [6.07, 6.45) is 3.51. The Morgan fingerprint density at radius 3 is 1.96 bits per heavy atom. The molecule has 4 aromatic rings. The average molecular weight is 364 g/mol. The van der Waals surface area contributed by atoms with Crippen LogP contribution >= 0.6 is 0 Å². The minimum Gasteiger partial charge on any atom is -0.493 e. The number of fused-ring (bicyclic) bond motifs is 2. The molecule has 0 unspecified atom stereocenters. The Kier molecular flexibility index (Phi) is 4.28. The van der Waals surface area contributed by atoms with Gasteiger partial charge in [0.15, 0.2) is 23.0 Å². The van der Waals surface area contributed by atoms with Crippen LogP contribution in [0.2, 0.25) is 0 Å². The molecule has 0 saturated carbocycles. The van der Waals surface area contributed by atoms with Crippen LogP contribution in [0.3, 0.4) is 0 Å². The lowest BCUT2D eigenvalue weighted by Crippen LogP contribution is -1.93. The van der Waals surface area contributed by atoms with Crippen molar-refractivity contribution in [3.05, 3.63) is 48.9 Å². The molecule has 0 aliphatic carbocycles. The van der Waals surface area contributed by atoms with Gasteiger partial charge < -0.3 is 23.4 Å². The van der Waals surface area contributed by atoms with Gasteiger partial charge in [-0.2, -0.15) is 0 Å². The molecule has 0 fully saturated rings. The van der Waals surface area contributed by atoms with Crippen LogP contribution in [0, 0.1) is 0 Å². The van der Waals surface area contributed by atoms with Crippen molar-refractivity contribution in [1.29, 1.82) is 0 Å². The lowest BCUT2D eigenvalue weighted by molar-refractivity contribution is 0.355. The Hall–Kier alpha value is -3.34. The number of methoxy groups -OCH3 is 4. The second-order valence-corrected chi connectivity index (χ2v) is 6.12. The third-order valence-electron chi connectivity index (χ3n) is 4.77. The average Bonchev–Trinajstić information content (AvgIpc) is 3.18. The fourth-order valence-corrected chi connectivity index (χ4v) is 3.47. The first-order valence-electron chi connectivity index (χ1n) is 8.47. The van der Waals surface area contributed by atoms with Crippen LogP contribution in [-0.2, 0) is 0 Å². The molecule has 1 heterocycles. The normalized spacial score (nSPS) is 11.0. The first-order valence-corrected chi connectivity index (χ1v) is 8.47. The molecule has 0 aliphatic rings. The van der Waals surface area contributed by atoms with Crippen LogP contribution in [0.4, 0.5) is 0 Å². The molecule has 0 bridgehead atoms. The van der Waals surface area contributed by atoms with E-state index in [4.69, 9.17) is 23.4 Å². The lowest BCUT2D eigenvalue weighted by Gasteiger charge is -2.15. The minimum atomic E-state index is 0.670. The summed E-state index contributed by atoms with van der Waals surface area (Å²) in [5, 5.41) is 4.10. The molecule has 0 saturated heterocycles. The molecule has 5 nitrogen and oxygen atoms in total. The Bertz CT molecular complexity index is 1130. The number of hydrogen-bond donors (Lipinski definition) is 0. The molecule has 0 radical (unpaired) electrons. The van der Waals surface area contributed by atoms with Crippen LogP contribution in [-0.4, -0.2) is 28.4 Å². The van der Waals surface area contributed by atoms with E-state index in [1.54, 1.807) is 41.0 Å². The number of furan rings is 1. The predicted molar refractivity (Wildman–Crippen MR) is 105 cm³/mol. The fourth-order valence-electron chi connectivity index (χ4n) is 3.47. The summed E-state index contributed by atoms with van der Waals surface area (Å²) in [5.74, 6) is 2.72. The summed E-state index contributed by atoms with van der Waals surface area (Å²) in [4.78, 5) is 0. The minimum absolute atomic E-state index is 0.670. The van der Waals surface area contributed by atoms with Gasteiger partial charge in [0.25, 0.3) is 0 Å². The summed E-state index contributed by atoms with van der Waals surface area (Å²) in [5.41, 5.74) is 2.04. The molecule has 0 spiro atoms. The van der Waals surface area contributed by atoms with Crippen molar-refractivity contribution >= 4 is 21.5 Å². The molecule has 5 heteroatoms. The van der Waals surface area contributed by atoms with Gasteiger partial charge in [-0.15, -0.1) is 0 Å². The fraction of sp³-hybridized carbons (Fsp3) is 0.182. The van der Waals surface area contributed by atoms with Crippen LogP contribution in [0.5, 0.6) is 23.0 Å². The maximum Gasteiger partial charge on any atom is 0.161 e. The SMILES string of the molecule is COc1ccc(-c2c3cocc3cc3cc(OC)c(OC)cc23)cc1OC. The quantitative estimate of drug-likeness (QED) is 0.482. The molecule has 1 aromatic heterocycles. The Morgan fingerprint density at radius 2 is 1.26 bits per heavy atom. The molecule has 4 rings (SSSR count). The van der Waals surface area contributed by atoms with Crippen molar-refractivity contribution in [3.63, 3.8) is 0 Å². The summed E-state index contributed by atoms with van der Waals surface area (Å²) in [7, 11) is 6.53. The van der Waals surface area contributed by atoms with Crippen LogP contribution in [0.1, 0.15) is 0 Å². The summed E-state index contributed by atoms with van der Waals surface area (Å²) in [6.45, 7) is 0. The molecular weight excluding hydrogens is 344 g/mol.